The number of hydrogen-bond donors (Lipinski definition) is 1. The SMILES string of the molecule is CSCCN(C)C(=O)c1ccc(C#CCO)c(F)c1. The molecule has 0 radical (unpaired) electrons. The summed E-state index contributed by atoms with van der Waals surface area (Å²) in [6.45, 7) is 0.297. The van der Waals surface area contributed by atoms with Gasteiger partial charge in [0.1, 0.15) is 12.4 Å². The summed E-state index contributed by atoms with van der Waals surface area (Å²) in [4.78, 5) is 13.6. The highest BCUT2D eigenvalue weighted by molar-refractivity contribution is 7.98. The number of nitrogens with zero attached hydrogens (tertiary/aromatic N) is 1. The molecule has 5 heteroatoms. The van der Waals surface area contributed by atoms with E-state index >= 15 is 0 Å². The molecular formula is C14H16FNO2S. The summed E-state index contributed by atoms with van der Waals surface area (Å²) in [7, 11) is 1.69. The van der Waals surface area contributed by atoms with Crippen LogP contribution in [0.5, 0.6) is 0 Å². The molecule has 102 valence electrons. The van der Waals surface area contributed by atoms with Crippen LogP contribution in [-0.4, -0.2) is 48.1 Å². The van der Waals surface area contributed by atoms with Gasteiger partial charge in [-0.3, -0.25) is 4.79 Å². The number of carbonyl (C=O) groups is 1. The second-order valence-corrected chi connectivity index (χ2v) is 4.86. The number of thioether (sulfide) groups is 1. The summed E-state index contributed by atoms with van der Waals surface area (Å²) in [6, 6.07) is 4.18. The zero-order chi connectivity index (χ0) is 14.3. The standard InChI is InChI=1S/C14H16FNO2S/c1-16(7-9-19-2)14(18)12-6-5-11(4-3-8-17)13(15)10-12/h5-6,10,17H,7-9H2,1-2H3. The molecule has 0 saturated carbocycles. The Balaban J connectivity index is 2.85. The number of carbonyl (C=O) groups excluding carboxylic acids is 1. The van der Waals surface area contributed by atoms with Gasteiger partial charge in [0.15, 0.2) is 0 Å². The van der Waals surface area contributed by atoms with Gasteiger partial charge >= 0.3 is 0 Å². The summed E-state index contributed by atoms with van der Waals surface area (Å²) in [5.41, 5.74) is 0.480. The fraction of sp³-hybridized carbons (Fsp3) is 0.357. The highest BCUT2D eigenvalue weighted by atomic mass is 32.2. The van der Waals surface area contributed by atoms with Gasteiger partial charge in [0, 0.05) is 24.9 Å². The van der Waals surface area contributed by atoms with Crippen LogP contribution in [-0.2, 0) is 0 Å². The Hall–Kier alpha value is -1.51. The second kappa shape index (κ2) is 7.82. The first-order valence-corrected chi connectivity index (χ1v) is 7.13. The first-order valence-electron chi connectivity index (χ1n) is 5.73. The highest BCUT2D eigenvalue weighted by Crippen LogP contribution is 2.11. The Morgan fingerprint density at radius 3 is 2.84 bits per heavy atom. The third kappa shape index (κ3) is 4.58. The van der Waals surface area contributed by atoms with E-state index in [4.69, 9.17) is 5.11 Å². The molecule has 0 unspecified atom stereocenters. The Morgan fingerprint density at radius 2 is 2.26 bits per heavy atom. The zero-order valence-electron chi connectivity index (χ0n) is 10.9. The van der Waals surface area contributed by atoms with Crippen molar-refractivity contribution in [3.05, 3.63) is 35.1 Å². The number of hydrogen-bond acceptors (Lipinski definition) is 3. The average Bonchev–Trinajstić information content (AvgIpc) is 2.42. The van der Waals surface area contributed by atoms with E-state index in [2.05, 4.69) is 11.8 Å². The largest absolute Gasteiger partial charge is 0.384 e. The van der Waals surface area contributed by atoms with Crippen molar-refractivity contribution in [2.24, 2.45) is 0 Å². The highest BCUT2D eigenvalue weighted by Gasteiger charge is 2.13. The molecule has 0 aliphatic rings. The van der Waals surface area contributed by atoms with E-state index in [0.717, 1.165) is 5.75 Å². The molecule has 0 fully saturated rings. The van der Waals surface area contributed by atoms with Crippen molar-refractivity contribution in [3.63, 3.8) is 0 Å². The third-order valence-electron chi connectivity index (χ3n) is 2.50. The Morgan fingerprint density at radius 1 is 1.53 bits per heavy atom. The van der Waals surface area contributed by atoms with Gasteiger partial charge in [0.25, 0.3) is 5.91 Å². The molecule has 0 spiro atoms. The predicted molar refractivity (Wildman–Crippen MR) is 75.7 cm³/mol. The van der Waals surface area contributed by atoms with Crippen molar-refractivity contribution in [1.29, 1.82) is 0 Å². The monoisotopic (exact) mass is 281 g/mol. The summed E-state index contributed by atoms with van der Waals surface area (Å²) in [6.07, 6.45) is 1.96. The van der Waals surface area contributed by atoms with Crippen LogP contribution in [0.1, 0.15) is 15.9 Å². The number of benzene rings is 1. The molecular weight excluding hydrogens is 265 g/mol. The molecule has 1 N–H and O–H groups in total. The molecule has 3 nitrogen and oxygen atoms in total. The Labute approximate surface area is 116 Å². The second-order valence-electron chi connectivity index (χ2n) is 3.87. The fourth-order valence-electron chi connectivity index (χ4n) is 1.43. The molecule has 19 heavy (non-hydrogen) atoms. The quantitative estimate of drug-likeness (QED) is 0.852. The normalized spacial score (nSPS) is 9.68. The summed E-state index contributed by atoms with van der Waals surface area (Å²) >= 11 is 1.65. The molecule has 1 amide bonds. The van der Waals surface area contributed by atoms with E-state index in [0.29, 0.717) is 12.1 Å². The Kier molecular flexibility index (Phi) is 6.40. The molecule has 1 aromatic carbocycles. The molecule has 0 heterocycles. The van der Waals surface area contributed by atoms with Gasteiger partial charge in [0.05, 0.1) is 5.56 Å². The minimum absolute atomic E-state index is 0.178. The van der Waals surface area contributed by atoms with Gasteiger partial charge in [-0.25, -0.2) is 4.39 Å². The van der Waals surface area contributed by atoms with Gasteiger partial charge in [-0.1, -0.05) is 11.8 Å². The van der Waals surface area contributed by atoms with Gasteiger partial charge in [-0.15, -0.1) is 0 Å². The fourth-order valence-corrected chi connectivity index (χ4v) is 1.89. The minimum Gasteiger partial charge on any atom is -0.384 e. The van der Waals surface area contributed by atoms with E-state index in [1.54, 1.807) is 29.8 Å². The smallest absolute Gasteiger partial charge is 0.253 e. The van der Waals surface area contributed by atoms with Crippen LogP contribution >= 0.6 is 11.8 Å². The number of aliphatic hydroxyl groups is 1. The third-order valence-corrected chi connectivity index (χ3v) is 3.09. The van der Waals surface area contributed by atoms with Gasteiger partial charge in [-0.2, -0.15) is 11.8 Å². The van der Waals surface area contributed by atoms with Gasteiger partial charge in [-0.05, 0) is 24.5 Å². The number of halogens is 1. The van der Waals surface area contributed by atoms with Gasteiger partial charge in [0.2, 0.25) is 0 Å². The number of amides is 1. The van der Waals surface area contributed by atoms with Crippen molar-refractivity contribution in [2.75, 3.05) is 32.2 Å². The lowest BCUT2D eigenvalue weighted by Gasteiger charge is -2.16. The Bertz CT molecular complexity index is 508. The maximum atomic E-state index is 13.7. The van der Waals surface area contributed by atoms with Crippen molar-refractivity contribution in [2.45, 2.75) is 0 Å². The van der Waals surface area contributed by atoms with E-state index in [9.17, 15) is 9.18 Å². The van der Waals surface area contributed by atoms with Crippen LogP contribution in [0.3, 0.4) is 0 Å². The lowest BCUT2D eigenvalue weighted by Crippen LogP contribution is -2.28. The topological polar surface area (TPSA) is 40.5 Å². The van der Waals surface area contributed by atoms with Crippen LogP contribution in [0.25, 0.3) is 0 Å². The predicted octanol–water partition coefficient (Wildman–Crippen LogP) is 1.60. The van der Waals surface area contributed by atoms with Crippen molar-refractivity contribution >= 4 is 17.7 Å². The molecule has 0 bridgehead atoms. The molecule has 0 saturated heterocycles. The lowest BCUT2D eigenvalue weighted by molar-refractivity contribution is 0.0803. The first-order chi connectivity index (χ1) is 9.10. The number of aliphatic hydroxyl groups excluding tert-OH is 1. The van der Waals surface area contributed by atoms with Crippen molar-refractivity contribution < 1.29 is 14.3 Å². The summed E-state index contributed by atoms with van der Waals surface area (Å²) in [5.74, 6) is 4.94. The van der Waals surface area contributed by atoms with Gasteiger partial charge < -0.3 is 10.0 Å². The molecule has 0 aromatic heterocycles. The lowest BCUT2D eigenvalue weighted by atomic mass is 10.1. The maximum Gasteiger partial charge on any atom is 0.253 e. The van der Waals surface area contributed by atoms with Crippen LogP contribution in [0.2, 0.25) is 0 Å². The van der Waals surface area contributed by atoms with Crippen LogP contribution in [0.4, 0.5) is 4.39 Å². The summed E-state index contributed by atoms with van der Waals surface area (Å²) in [5, 5.41) is 8.56. The van der Waals surface area contributed by atoms with Crippen molar-refractivity contribution in [1.82, 2.24) is 4.90 Å². The van der Waals surface area contributed by atoms with Crippen LogP contribution in [0, 0.1) is 17.7 Å². The first kappa shape index (κ1) is 15.5. The molecule has 0 aliphatic heterocycles. The molecule has 0 atom stereocenters. The van der Waals surface area contributed by atoms with Crippen LogP contribution < -0.4 is 0 Å². The van der Waals surface area contributed by atoms with E-state index in [-0.39, 0.29) is 18.1 Å². The minimum atomic E-state index is -0.551. The maximum absolute atomic E-state index is 13.7. The van der Waals surface area contributed by atoms with Crippen molar-refractivity contribution in [3.8, 4) is 11.8 Å². The van der Waals surface area contributed by atoms with E-state index < -0.39 is 5.82 Å². The zero-order valence-corrected chi connectivity index (χ0v) is 11.8. The van der Waals surface area contributed by atoms with Crippen LogP contribution in [0.15, 0.2) is 18.2 Å². The number of rotatable bonds is 4. The molecule has 0 aliphatic carbocycles. The average molecular weight is 281 g/mol. The van der Waals surface area contributed by atoms with E-state index in [1.807, 2.05) is 6.26 Å². The molecule has 1 aromatic rings. The summed E-state index contributed by atoms with van der Waals surface area (Å²) < 4.78 is 13.7. The molecule has 1 rings (SSSR count). The van der Waals surface area contributed by atoms with E-state index in [1.165, 1.54) is 12.1 Å².